The van der Waals surface area contributed by atoms with Crippen LogP contribution in [0.5, 0.6) is 23.0 Å². The molecular weight excluding hydrogens is 871 g/mol. The van der Waals surface area contributed by atoms with E-state index >= 15 is 0 Å². The van der Waals surface area contributed by atoms with Crippen LogP contribution in [-0.4, -0.2) is 94.7 Å². The summed E-state index contributed by atoms with van der Waals surface area (Å²) in [6.45, 7) is 17.0. The lowest BCUT2D eigenvalue weighted by molar-refractivity contribution is -0.141. The van der Waals surface area contributed by atoms with Gasteiger partial charge in [0.25, 0.3) is 5.89 Å². The summed E-state index contributed by atoms with van der Waals surface area (Å²) in [4.78, 5) is 15.2. The van der Waals surface area contributed by atoms with Crippen molar-refractivity contribution in [1.82, 2.24) is 10.1 Å². The van der Waals surface area contributed by atoms with Gasteiger partial charge in [-0.1, -0.05) is 33.5 Å². The lowest BCUT2D eigenvalue weighted by Gasteiger charge is -2.17. The first kappa shape index (κ1) is 49.4. The number of carbonyl (C=O) groups is 1. The second kappa shape index (κ2) is 22.3. The summed E-state index contributed by atoms with van der Waals surface area (Å²) >= 11 is 12.3. The number of oxime groups is 1. The molecule has 2 saturated heterocycles. The molecule has 0 amide bonds. The number of carboxylic acid groups (broad SMARTS) is 1. The summed E-state index contributed by atoms with van der Waals surface area (Å²) in [5.41, 5.74) is 7.75. The van der Waals surface area contributed by atoms with Crippen LogP contribution in [0.4, 0.5) is 0 Å². The van der Waals surface area contributed by atoms with Gasteiger partial charge in [-0.3, -0.25) is 0 Å². The van der Waals surface area contributed by atoms with Gasteiger partial charge >= 0.3 is 5.97 Å². The molecule has 1 unspecified atom stereocenters. The van der Waals surface area contributed by atoms with Gasteiger partial charge in [0.05, 0.1) is 41.0 Å². The quantitative estimate of drug-likeness (QED) is 0.0410. The number of rotatable bonds is 14. The van der Waals surface area contributed by atoms with Gasteiger partial charge in [0.15, 0.2) is 17.4 Å². The fourth-order valence-corrected chi connectivity index (χ4v) is 6.42. The van der Waals surface area contributed by atoms with Crippen LogP contribution in [0, 0.1) is 0 Å². The Bertz CT molecular complexity index is 2320. The molecule has 64 heavy (non-hydrogen) atoms. The molecule has 0 spiro atoms. The maximum Gasteiger partial charge on any atom is 0.335 e. The van der Waals surface area contributed by atoms with E-state index in [0.29, 0.717) is 71.0 Å². The van der Waals surface area contributed by atoms with Gasteiger partial charge in [-0.25, -0.2) is 4.79 Å². The van der Waals surface area contributed by atoms with Crippen molar-refractivity contribution in [3.8, 4) is 45.8 Å². The van der Waals surface area contributed by atoms with Crippen LogP contribution >= 0.6 is 23.2 Å². The Labute approximate surface area is 382 Å². The molecule has 2 fully saturated rings. The smallest absolute Gasteiger partial charge is 0.335 e. The van der Waals surface area contributed by atoms with Crippen molar-refractivity contribution in [2.45, 2.75) is 91.4 Å². The molecule has 2 aliphatic heterocycles. The number of benzene rings is 4. The number of aromatic carboxylic acids is 1. The molecule has 16 nitrogen and oxygen atoms in total. The molecule has 4 aromatic carbocycles. The van der Waals surface area contributed by atoms with Crippen LogP contribution < -0.4 is 24.7 Å². The molecule has 3 heterocycles. The number of nitrogens with zero attached hydrogens (tertiary/aromatic N) is 3. The highest BCUT2D eigenvalue weighted by Gasteiger charge is 2.34. The monoisotopic (exact) mass is 924 g/mol. The van der Waals surface area contributed by atoms with Crippen LogP contribution in [0.15, 0.2) is 94.6 Å². The standard InChI is InChI=1S/C23H25ClN2O5.C13H16O5.C10H13ClN2O2/c1-14(2)29-20-10-7-16(11-19(20)24)21-25-22(31-26-21)15-5-8-17(9-6-15)27-12-18-13-28-23(3,4)30-18;1-13(2)17-8-11(18-13)7-16-10-5-3-9(4-6-10)12(14)15;1-6(2)15-9-4-3-7(5-8(9)11)10(12)13-14/h5-11,14,18H,12-13H2,1-4H3;3-6,11H,7-8H2,1-2H3,(H,14,15);3-6,14H,1-2H3,(H2,12,13)/t;11-;/m.1./s1. The fraction of sp³-hybridized carbons (Fsp3) is 0.391. The van der Waals surface area contributed by atoms with E-state index in [9.17, 15) is 4.79 Å². The molecule has 7 rings (SSSR count). The molecule has 0 bridgehead atoms. The topological polar surface area (TPSA) is 209 Å². The van der Waals surface area contributed by atoms with Crippen molar-refractivity contribution in [3.05, 3.63) is 106 Å². The summed E-state index contributed by atoms with van der Waals surface area (Å²) in [5, 5.41) is 25.1. The Kier molecular flexibility index (Phi) is 17.2. The number of halogens is 2. The summed E-state index contributed by atoms with van der Waals surface area (Å²) in [5.74, 6) is 1.38. The Morgan fingerprint density at radius 3 is 1.66 bits per heavy atom. The minimum Gasteiger partial charge on any atom is -0.491 e. The van der Waals surface area contributed by atoms with Crippen LogP contribution in [-0.2, 0) is 18.9 Å². The van der Waals surface area contributed by atoms with E-state index in [1.807, 2.05) is 85.7 Å². The second-order valence-corrected chi connectivity index (χ2v) is 16.7. The van der Waals surface area contributed by atoms with E-state index in [0.717, 1.165) is 16.9 Å². The zero-order chi connectivity index (χ0) is 46.6. The van der Waals surface area contributed by atoms with E-state index in [1.165, 1.54) is 12.1 Å². The van der Waals surface area contributed by atoms with Gasteiger partial charge in [-0.15, -0.1) is 0 Å². The SMILES string of the molecule is CC(C)Oc1ccc(-c2noc(-c3ccc(OCC4COC(C)(C)O4)cc3)n2)cc1Cl.CC(C)Oc1ccc(/C(N)=N/O)cc1Cl.CC1(C)OC[C@@H](COc2ccc(C(=O)O)cc2)O1. The average Bonchev–Trinajstić information content (AvgIpc) is 3.98. The van der Waals surface area contributed by atoms with Gasteiger partial charge in [-0.05, 0) is 140 Å². The highest BCUT2D eigenvalue weighted by atomic mass is 35.5. The molecule has 344 valence electrons. The summed E-state index contributed by atoms with van der Waals surface area (Å²) in [6.07, 6.45) is -0.0911. The van der Waals surface area contributed by atoms with Crippen LogP contribution in [0.25, 0.3) is 22.8 Å². The van der Waals surface area contributed by atoms with Crippen molar-refractivity contribution in [2.24, 2.45) is 10.9 Å². The third-order valence-electron chi connectivity index (χ3n) is 8.89. The number of ether oxygens (including phenoxy) is 8. The number of aromatic nitrogens is 2. The Morgan fingerprint density at radius 2 is 1.22 bits per heavy atom. The van der Waals surface area contributed by atoms with Gasteiger partial charge in [-0.2, -0.15) is 4.98 Å². The van der Waals surface area contributed by atoms with E-state index in [4.69, 9.17) is 81.7 Å². The number of amidine groups is 1. The summed E-state index contributed by atoms with van der Waals surface area (Å²) in [6, 6.07) is 24.1. The normalized spacial score (nSPS) is 17.5. The first-order chi connectivity index (χ1) is 30.3. The minimum atomic E-state index is -0.948. The molecule has 0 aliphatic carbocycles. The van der Waals surface area contributed by atoms with E-state index in [2.05, 4.69) is 15.3 Å². The predicted molar refractivity (Wildman–Crippen MR) is 240 cm³/mol. The fourth-order valence-electron chi connectivity index (χ4n) is 5.97. The molecule has 0 radical (unpaired) electrons. The molecule has 5 aromatic rings. The summed E-state index contributed by atoms with van der Waals surface area (Å²) in [7, 11) is 0. The molecule has 0 saturated carbocycles. The third kappa shape index (κ3) is 15.0. The van der Waals surface area contributed by atoms with Crippen molar-refractivity contribution in [3.63, 3.8) is 0 Å². The van der Waals surface area contributed by atoms with E-state index in [1.54, 1.807) is 42.5 Å². The number of hydrogen-bond donors (Lipinski definition) is 3. The van der Waals surface area contributed by atoms with Gasteiger partial charge in [0.1, 0.15) is 48.4 Å². The Balaban J connectivity index is 0.000000198. The highest BCUT2D eigenvalue weighted by molar-refractivity contribution is 6.32. The first-order valence-electron chi connectivity index (χ1n) is 20.4. The summed E-state index contributed by atoms with van der Waals surface area (Å²) < 4.78 is 50.1. The number of carboxylic acids is 1. The average molecular weight is 926 g/mol. The molecule has 18 heteroatoms. The third-order valence-corrected chi connectivity index (χ3v) is 9.48. The predicted octanol–water partition coefficient (Wildman–Crippen LogP) is 9.51. The molecule has 1 aromatic heterocycles. The first-order valence-corrected chi connectivity index (χ1v) is 21.1. The maximum absolute atomic E-state index is 10.7. The Hall–Kier alpha value is -5.62. The number of nitrogens with two attached hydrogens (primary N) is 1. The van der Waals surface area contributed by atoms with Gasteiger partial charge in [0, 0.05) is 16.7 Å². The molecule has 2 aliphatic rings. The number of hydrogen-bond acceptors (Lipinski definition) is 14. The van der Waals surface area contributed by atoms with Gasteiger partial charge in [0.2, 0.25) is 5.82 Å². The zero-order valence-corrected chi connectivity index (χ0v) is 38.4. The molecular formula is C46H54Cl2N4O12. The second-order valence-electron chi connectivity index (χ2n) is 15.9. The van der Waals surface area contributed by atoms with Crippen LogP contribution in [0.1, 0.15) is 71.3 Å². The highest BCUT2D eigenvalue weighted by Crippen LogP contribution is 2.32. The zero-order valence-electron chi connectivity index (χ0n) is 36.9. The minimum absolute atomic E-state index is 0.0213. The van der Waals surface area contributed by atoms with E-state index < -0.39 is 17.5 Å². The largest absolute Gasteiger partial charge is 0.491 e. The lowest BCUT2D eigenvalue weighted by Crippen LogP contribution is -2.25. The van der Waals surface area contributed by atoms with E-state index in [-0.39, 0.29) is 35.8 Å². The van der Waals surface area contributed by atoms with Gasteiger partial charge < -0.3 is 58.5 Å². The Morgan fingerprint density at radius 1 is 0.750 bits per heavy atom. The van der Waals surface area contributed by atoms with Crippen molar-refractivity contribution in [2.75, 3.05) is 26.4 Å². The van der Waals surface area contributed by atoms with Crippen LogP contribution in [0.3, 0.4) is 0 Å². The van der Waals surface area contributed by atoms with Crippen LogP contribution in [0.2, 0.25) is 10.0 Å². The van der Waals surface area contributed by atoms with Crippen molar-refractivity contribution >= 4 is 35.0 Å². The molecule has 4 N–H and O–H groups in total. The lowest BCUT2D eigenvalue weighted by atomic mass is 10.2. The maximum atomic E-state index is 10.7. The van der Waals surface area contributed by atoms with Crippen molar-refractivity contribution < 1.29 is 57.5 Å². The van der Waals surface area contributed by atoms with Crippen molar-refractivity contribution in [1.29, 1.82) is 0 Å². The molecule has 2 atom stereocenters.